The third-order valence-electron chi connectivity index (χ3n) is 6.67. The van der Waals surface area contributed by atoms with Gasteiger partial charge in [-0.15, -0.1) is 0 Å². The first kappa shape index (κ1) is 31.0. The largest absolute Gasteiger partial charge is 0.489 e. The van der Waals surface area contributed by atoms with Gasteiger partial charge in [0, 0.05) is 43.6 Å². The molecule has 0 unspecified atom stereocenters. The molecule has 0 spiro atoms. The summed E-state index contributed by atoms with van der Waals surface area (Å²) >= 11 is 6.31. The summed E-state index contributed by atoms with van der Waals surface area (Å²) in [6, 6.07) is 12.4. The monoisotopic (exact) mass is 570 g/mol. The maximum Gasteiger partial charge on any atom is 0.409 e. The van der Waals surface area contributed by atoms with Crippen molar-refractivity contribution in [3.05, 3.63) is 70.6 Å². The Morgan fingerprint density at radius 2 is 1.85 bits per heavy atom. The van der Waals surface area contributed by atoms with Gasteiger partial charge >= 0.3 is 6.09 Å². The summed E-state index contributed by atoms with van der Waals surface area (Å²) in [6.45, 7) is 8.41. The molecule has 40 heavy (non-hydrogen) atoms. The molecular formula is C30H39ClN4O5. The highest BCUT2D eigenvalue weighted by Crippen LogP contribution is 2.27. The molecule has 3 rings (SSSR count). The number of rotatable bonds is 12. The van der Waals surface area contributed by atoms with Crippen molar-refractivity contribution in [2.45, 2.75) is 65.3 Å². The minimum absolute atomic E-state index is 0.0290. The van der Waals surface area contributed by atoms with E-state index in [1.54, 1.807) is 25.2 Å². The first-order valence-corrected chi connectivity index (χ1v) is 13.8. The number of nitrogens with zero attached hydrogens (tertiary/aromatic N) is 3. The van der Waals surface area contributed by atoms with Gasteiger partial charge in [-0.25, -0.2) is 9.78 Å². The molecule has 0 aliphatic carbocycles. The Bertz CT molecular complexity index is 1290. The van der Waals surface area contributed by atoms with Gasteiger partial charge < -0.3 is 29.4 Å². The number of hydrogen-bond acceptors (Lipinski definition) is 6. The molecular weight excluding hydrogens is 532 g/mol. The lowest BCUT2D eigenvalue weighted by atomic mass is 10.0. The number of carbonyl (C=O) groups excluding carboxylic acids is 2. The van der Waals surface area contributed by atoms with Crippen LogP contribution < -0.4 is 10.1 Å². The number of benzene rings is 2. The van der Waals surface area contributed by atoms with Crippen LogP contribution >= 0.6 is 11.6 Å². The summed E-state index contributed by atoms with van der Waals surface area (Å²) in [5.74, 6) is 1.03. The van der Waals surface area contributed by atoms with Crippen LogP contribution in [0.2, 0.25) is 5.02 Å². The molecule has 0 aliphatic heterocycles. The molecule has 216 valence electrons. The quantitative estimate of drug-likeness (QED) is 0.298. The summed E-state index contributed by atoms with van der Waals surface area (Å²) in [5.41, 5.74) is 3.17. The number of aliphatic hydroxyl groups is 1. The van der Waals surface area contributed by atoms with Crippen molar-refractivity contribution in [3.63, 3.8) is 0 Å². The maximum absolute atomic E-state index is 12.9. The molecule has 2 N–H and O–H groups in total. The number of halogens is 1. The number of carbonyl (C=O) groups is 2. The van der Waals surface area contributed by atoms with Crippen LogP contribution in [0.5, 0.6) is 5.75 Å². The van der Waals surface area contributed by atoms with Crippen LogP contribution in [0.3, 0.4) is 0 Å². The molecule has 0 fully saturated rings. The summed E-state index contributed by atoms with van der Waals surface area (Å²) in [4.78, 5) is 31.3. The zero-order chi connectivity index (χ0) is 29.4. The Kier molecular flexibility index (Phi) is 11.0. The normalized spacial score (nSPS) is 12.6. The van der Waals surface area contributed by atoms with E-state index in [2.05, 4.69) is 5.32 Å². The highest BCUT2D eigenvalue weighted by Gasteiger charge is 2.23. The van der Waals surface area contributed by atoms with Crippen LogP contribution in [0.15, 0.2) is 48.7 Å². The van der Waals surface area contributed by atoms with Crippen LogP contribution in [0.1, 0.15) is 61.9 Å². The zero-order valence-corrected chi connectivity index (χ0v) is 24.7. The SMILES string of the molecule is CCn1cc(-c2ccc(C[C@@H](CCO)NC(=O)c3ccc(OC(C)C)c(Cl)c3)cc2)nc1[C@@H](C)N(C)C(=O)OC. The predicted molar refractivity (Wildman–Crippen MR) is 156 cm³/mol. The van der Waals surface area contributed by atoms with Gasteiger partial charge in [-0.1, -0.05) is 35.9 Å². The van der Waals surface area contributed by atoms with E-state index in [0.29, 0.717) is 35.7 Å². The van der Waals surface area contributed by atoms with E-state index in [0.717, 1.165) is 22.6 Å². The number of imidazole rings is 1. The second-order valence-electron chi connectivity index (χ2n) is 9.92. The van der Waals surface area contributed by atoms with Gasteiger partial charge in [-0.2, -0.15) is 0 Å². The Balaban J connectivity index is 1.72. The standard InChI is InChI=1S/C30H39ClN4O5/c1-7-35-18-26(33-28(35)20(4)34(5)30(38)39-6)22-10-8-21(9-11-22)16-24(14-15-36)32-29(37)23-12-13-27(25(31)17-23)40-19(2)3/h8-13,17-20,24,36H,7,14-16H2,1-6H3,(H,32,37)/t20-,24-/m1/s1. The number of amides is 2. The van der Waals surface area contributed by atoms with Gasteiger partial charge in [0.25, 0.3) is 5.91 Å². The molecule has 9 nitrogen and oxygen atoms in total. The van der Waals surface area contributed by atoms with Gasteiger partial charge in [0.05, 0.1) is 30.0 Å². The molecule has 1 aromatic heterocycles. The molecule has 0 bridgehead atoms. The van der Waals surface area contributed by atoms with E-state index in [-0.39, 0.29) is 30.7 Å². The molecule has 2 amide bonds. The van der Waals surface area contributed by atoms with Crippen molar-refractivity contribution in [1.29, 1.82) is 0 Å². The van der Waals surface area contributed by atoms with E-state index >= 15 is 0 Å². The topological polar surface area (TPSA) is 106 Å². The van der Waals surface area contributed by atoms with E-state index < -0.39 is 6.09 Å². The number of hydrogen-bond donors (Lipinski definition) is 2. The fourth-order valence-corrected chi connectivity index (χ4v) is 4.59. The first-order chi connectivity index (χ1) is 19.1. The van der Waals surface area contributed by atoms with E-state index in [9.17, 15) is 14.7 Å². The van der Waals surface area contributed by atoms with Gasteiger partial charge in [-0.3, -0.25) is 4.79 Å². The molecule has 1 heterocycles. The highest BCUT2D eigenvalue weighted by atomic mass is 35.5. The molecule has 0 saturated carbocycles. The first-order valence-electron chi connectivity index (χ1n) is 13.4. The number of nitrogens with one attached hydrogen (secondary N) is 1. The molecule has 3 aromatic rings. The lowest BCUT2D eigenvalue weighted by Crippen LogP contribution is -2.37. The molecule has 0 aliphatic rings. The third kappa shape index (κ3) is 7.76. The highest BCUT2D eigenvalue weighted by molar-refractivity contribution is 6.32. The van der Waals surface area contributed by atoms with Crippen LogP contribution in [0.4, 0.5) is 4.79 Å². The minimum Gasteiger partial charge on any atom is -0.489 e. The Labute approximate surface area is 241 Å². The van der Waals surface area contributed by atoms with Crippen LogP contribution in [0.25, 0.3) is 11.3 Å². The number of aliphatic hydroxyl groups excluding tert-OH is 1. The van der Waals surface area contributed by atoms with Gasteiger partial charge in [0.15, 0.2) is 0 Å². The number of aromatic nitrogens is 2. The molecule has 0 saturated heterocycles. The van der Waals surface area contributed by atoms with Crippen LogP contribution in [-0.2, 0) is 17.7 Å². The predicted octanol–water partition coefficient (Wildman–Crippen LogP) is 5.49. The molecule has 2 aromatic carbocycles. The van der Waals surface area contributed by atoms with Crippen LogP contribution in [-0.4, -0.2) is 64.5 Å². The Morgan fingerprint density at radius 3 is 2.42 bits per heavy atom. The lowest BCUT2D eigenvalue weighted by Gasteiger charge is -2.23. The maximum atomic E-state index is 12.9. The summed E-state index contributed by atoms with van der Waals surface area (Å²) in [7, 11) is 3.05. The van der Waals surface area contributed by atoms with Crippen molar-refractivity contribution in [2.75, 3.05) is 20.8 Å². The number of ether oxygens (including phenoxy) is 2. The summed E-state index contributed by atoms with van der Waals surface area (Å²) < 4.78 is 12.5. The van der Waals surface area contributed by atoms with Crippen LogP contribution in [0, 0.1) is 0 Å². The average Bonchev–Trinajstić information content (AvgIpc) is 3.37. The van der Waals surface area contributed by atoms with E-state index in [1.165, 1.54) is 12.0 Å². The Hall–Kier alpha value is -3.56. The van der Waals surface area contributed by atoms with Gasteiger partial charge in [-0.05, 0) is 64.3 Å². The summed E-state index contributed by atoms with van der Waals surface area (Å²) in [6.07, 6.45) is 2.48. The van der Waals surface area contributed by atoms with Crippen molar-refractivity contribution in [3.8, 4) is 17.0 Å². The fourth-order valence-electron chi connectivity index (χ4n) is 4.37. The number of methoxy groups -OCH3 is 1. The van der Waals surface area contributed by atoms with Crippen molar-refractivity contribution >= 4 is 23.6 Å². The van der Waals surface area contributed by atoms with E-state index in [1.807, 2.05) is 62.7 Å². The Morgan fingerprint density at radius 1 is 1.15 bits per heavy atom. The fraction of sp³-hybridized carbons (Fsp3) is 0.433. The van der Waals surface area contributed by atoms with E-state index in [4.69, 9.17) is 26.1 Å². The van der Waals surface area contributed by atoms with Gasteiger partial charge in [0.1, 0.15) is 11.6 Å². The van der Waals surface area contributed by atoms with Crippen molar-refractivity contribution in [1.82, 2.24) is 19.8 Å². The second-order valence-corrected chi connectivity index (χ2v) is 10.3. The number of aryl methyl sites for hydroxylation is 1. The van der Waals surface area contributed by atoms with Gasteiger partial charge in [0.2, 0.25) is 0 Å². The molecule has 0 radical (unpaired) electrons. The average molecular weight is 571 g/mol. The smallest absolute Gasteiger partial charge is 0.409 e. The lowest BCUT2D eigenvalue weighted by molar-refractivity contribution is 0.0930. The minimum atomic E-state index is -0.422. The van der Waals surface area contributed by atoms with Crippen molar-refractivity contribution < 1.29 is 24.2 Å². The third-order valence-corrected chi connectivity index (χ3v) is 6.96. The summed E-state index contributed by atoms with van der Waals surface area (Å²) in [5, 5.41) is 13.0. The molecule has 10 heteroatoms. The second kappa shape index (κ2) is 14.2. The zero-order valence-electron chi connectivity index (χ0n) is 24.0. The molecule has 2 atom stereocenters. The van der Waals surface area contributed by atoms with Crippen molar-refractivity contribution in [2.24, 2.45) is 0 Å².